The Labute approximate surface area is 169 Å². The fourth-order valence-corrected chi connectivity index (χ4v) is 3.09. The van der Waals surface area contributed by atoms with Gasteiger partial charge in [-0.2, -0.15) is 0 Å². The van der Waals surface area contributed by atoms with E-state index in [0.29, 0.717) is 23.9 Å². The van der Waals surface area contributed by atoms with Gasteiger partial charge in [0.05, 0.1) is 0 Å². The first-order chi connectivity index (χ1) is 14.2. The van der Waals surface area contributed by atoms with Gasteiger partial charge in [-0.25, -0.2) is 0 Å². The first-order valence-corrected chi connectivity index (χ1v) is 9.53. The van der Waals surface area contributed by atoms with Gasteiger partial charge in [-0.1, -0.05) is 48.5 Å². The molecular formula is C24H21N3O2. The lowest BCUT2D eigenvalue weighted by atomic mass is 10.1. The molecule has 3 aromatic carbocycles. The average Bonchev–Trinajstić information content (AvgIpc) is 3.25. The second-order valence-corrected chi connectivity index (χ2v) is 6.80. The maximum absolute atomic E-state index is 12.3. The number of hydrogen-bond acceptors (Lipinski definition) is 4. The molecule has 0 aliphatic rings. The summed E-state index contributed by atoms with van der Waals surface area (Å²) in [5, 5.41) is 11.2. The van der Waals surface area contributed by atoms with Crippen LogP contribution >= 0.6 is 0 Å². The highest BCUT2D eigenvalue weighted by Crippen LogP contribution is 2.26. The van der Waals surface area contributed by atoms with Gasteiger partial charge in [-0.05, 0) is 54.8 Å². The van der Waals surface area contributed by atoms with Gasteiger partial charge in [0.2, 0.25) is 11.8 Å². The van der Waals surface area contributed by atoms with Crippen molar-refractivity contribution in [3.8, 4) is 22.9 Å². The molecule has 1 N–H and O–H groups in total. The first kappa shape index (κ1) is 18.6. The lowest BCUT2D eigenvalue weighted by Gasteiger charge is -2.06. The molecule has 0 saturated carbocycles. The number of nitrogens with one attached hydrogen (secondary N) is 1. The van der Waals surface area contributed by atoms with Crippen molar-refractivity contribution in [1.82, 2.24) is 15.5 Å². The van der Waals surface area contributed by atoms with Crippen molar-refractivity contribution in [2.75, 3.05) is 6.54 Å². The summed E-state index contributed by atoms with van der Waals surface area (Å²) in [6.07, 6.45) is 0.800. The van der Waals surface area contributed by atoms with Crippen molar-refractivity contribution >= 4 is 5.91 Å². The van der Waals surface area contributed by atoms with Crippen LogP contribution in [0.5, 0.6) is 0 Å². The summed E-state index contributed by atoms with van der Waals surface area (Å²) in [5.41, 5.74) is 4.56. The predicted molar refractivity (Wildman–Crippen MR) is 112 cm³/mol. The third-order valence-corrected chi connectivity index (χ3v) is 4.74. The summed E-state index contributed by atoms with van der Waals surface area (Å²) in [6.45, 7) is 2.60. The van der Waals surface area contributed by atoms with Crippen LogP contribution in [0.2, 0.25) is 0 Å². The monoisotopic (exact) mass is 383 g/mol. The molecule has 0 aliphatic carbocycles. The molecule has 1 amide bonds. The molecule has 0 saturated heterocycles. The van der Waals surface area contributed by atoms with E-state index < -0.39 is 0 Å². The van der Waals surface area contributed by atoms with E-state index in [9.17, 15) is 4.79 Å². The third kappa shape index (κ3) is 4.41. The van der Waals surface area contributed by atoms with Gasteiger partial charge >= 0.3 is 0 Å². The van der Waals surface area contributed by atoms with E-state index in [1.165, 1.54) is 5.56 Å². The molecule has 4 aromatic rings. The highest BCUT2D eigenvalue weighted by atomic mass is 16.4. The number of rotatable bonds is 6. The Bertz CT molecular complexity index is 1100. The van der Waals surface area contributed by atoms with Gasteiger partial charge in [0.1, 0.15) is 0 Å². The fraction of sp³-hybridized carbons (Fsp3) is 0.125. The number of carbonyl (C=O) groups is 1. The molecule has 0 aliphatic heterocycles. The van der Waals surface area contributed by atoms with Crippen LogP contribution in [-0.4, -0.2) is 22.6 Å². The Hall–Kier alpha value is -3.73. The van der Waals surface area contributed by atoms with E-state index in [-0.39, 0.29) is 5.91 Å². The Kier molecular flexibility index (Phi) is 5.47. The van der Waals surface area contributed by atoms with Crippen LogP contribution in [0, 0.1) is 6.92 Å². The molecule has 0 radical (unpaired) electrons. The topological polar surface area (TPSA) is 68.0 Å². The van der Waals surface area contributed by atoms with E-state index in [4.69, 9.17) is 4.42 Å². The quantitative estimate of drug-likeness (QED) is 0.525. The van der Waals surface area contributed by atoms with Gasteiger partial charge in [-0.3, -0.25) is 4.79 Å². The Morgan fingerprint density at radius 1 is 0.862 bits per heavy atom. The molecule has 4 rings (SSSR count). The van der Waals surface area contributed by atoms with E-state index in [2.05, 4.69) is 27.6 Å². The number of nitrogens with zero attached hydrogens (tertiary/aromatic N) is 2. The van der Waals surface area contributed by atoms with Gasteiger partial charge in [0.25, 0.3) is 5.91 Å². The van der Waals surface area contributed by atoms with Crippen molar-refractivity contribution < 1.29 is 9.21 Å². The highest BCUT2D eigenvalue weighted by Gasteiger charge is 2.13. The Morgan fingerprint density at radius 3 is 2.31 bits per heavy atom. The first-order valence-electron chi connectivity index (χ1n) is 9.53. The highest BCUT2D eigenvalue weighted by molar-refractivity contribution is 5.94. The van der Waals surface area contributed by atoms with Crippen molar-refractivity contribution in [1.29, 1.82) is 0 Å². The lowest BCUT2D eigenvalue weighted by Crippen LogP contribution is -2.25. The van der Waals surface area contributed by atoms with Crippen LogP contribution in [-0.2, 0) is 6.42 Å². The zero-order valence-corrected chi connectivity index (χ0v) is 16.1. The Balaban J connectivity index is 1.40. The predicted octanol–water partition coefficient (Wildman–Crippen LogP) is 4.68. The van der Waals surface area contributed by atoms with Crippen LogP contribution < -0.4 is 5.32 Å². The van der Waals surface area contributed by atoms with Crippen molar-refractivity contribution in [3.05, 3.63) is 95.6 Å². The number of amides is 1. The normalized spacial score (nSPS) is 10.7. The molecule has 1 heterocycles. The van der Waals surface area contributed by atoms with Crippen molar-refractivity contribution in [2.24, 2.45) is 0 Å². The molecule has 0 bridgehead atoms. The summed E-state index contributed by atoms with van der Waals surface area (Å²) < 4.78 is 5.83. The average molecular weight is 383 g/mol. The van der Waals surface area contributed by atoms with E-state index in [1.54, 1.807) is 12.1 Å². The van der Waals surface area contributed by atoms with Crippen LogP contribution in [0.1, 0.15) is 21.5 Å². The number of carbonyl (C=O) groups excluding carboxylic acids is 1. The van der Waals surface area contributed by atoms with Crippen LogP contribution in [0.4, 0.5) is 0 Å². The second-order valence-electron chi connectivity index (χ2n) is 6.80. The SMILES string of the molecule is Cc1ccccc1-c1nnc(-c2ccc(C(=O)NCCc3ccccc3)cc2)o1. The summed E-state index contributed by atoms with van der Waals surface area (Å²) >= 11 is 0. The zero-order chi connectivity index (χ0) is 20.1. The largest absolute Gasteiger partial charge is 0.416 e. The minimum Gasteiger partial charge on any atom is -0.416 e. The van der Waals surface area contributed by atoms with E-state index >= 15 is 0 Å². The number of aryl methyl sites for hydroxylation is 1. The van der Waals surface area contributed by atoms with Gasteiger partial charge < -0.3 is 9.73 Å². The van der Waals surface area contributed by atoms with Gasteiger partial charge in [0.15, 0.2) is 0 Å². The fourth-order valence-electron chi connectivity index (χ4n) is 3.09. The molecule has 5 nitrogen and oxygen atoms in total. The van der Waals surface area contributed by atoms with Crippen LogP contribution in [0.3, 0.4) is 0 Å². The molecular weight excluding hydrogens is 362 g/mol. The molecule has 5 heteroatoms. The van der Waals surface area contributed by atoms with Crippen molar-refractivity contribution in [3.63, 3.8) is 0 Å². The van der Waals surface area contributed by atoms with E-state index in [0.717, 1.165) is 23.1 Å². The van der Waals surface area contributed by atoms with Gasteiger partial charge in [-0.15, -0.1) is 10.2 Å². The molecule has 29 heavy (non-hydrogen) atoms. The third-order valence-electron chi connectivity index (χ3n) is 4.74. The van der Waals surface area contributed by atoms with Gasteiger partial charge in [0, 0.05) is 23.2 Å². The zero-order valence-electron chi connectivity index (χ0n) is 16.1. The second kappa shape index (κ2) is 8.52. The maximum atomic E-state index is 12.3. The van der Waals surface area contributed by atoms with Crippen LogP contribution in [0.15, 0.2) is 83.3 Å². The molecule has 0 spiro atoms. The standard InChI is InChI=1S/C24H21N3O2/c1-17-7-5-6-10-21(17)24-27-26-23(29-24)20-13-11-19(12-14-20)22(28)25-16-15-18-8-3-2-4-9-18/h2-14H,15-16H2,1H3,(H,25,28). The number of benzene rings is 3. The molecule has 0 fully saturated rings. The summed E-state index contributed by atoms with van der Waals surface area (Å²) in [6, 6.07) is 25.1. The number of hydrogen-bond donors (Lipinski definition) is 1. The molecule has 0 unspecified atom stereocenters. The Morgan fingerprint density at radius 2 is 1.55 bits per heavy atom. The minimum absolute atomic E-state index is 0.0985. The van der Waals surface area contributed by atoms with E-state index in [1.807, 2.05) is 61.5 Å². The van der Waals surface area contributed by atoms with Crippen molar-refractivity contribution in [2.45, 2.75) is 13.3 Å². The summed E-state index contributed by atoms with van der Waals surface area (Å²) in [4.78, 5) is 12.3. The molecule has 144 valence electrons. The summed E-state index contributed by atoms with van der Waals surface area (Å²) in [7, 11) is 0. The number of aromatic nitrogens is 2. The summed E-state index contributed by atoms with van der Waals surface area (Å²) in [5.74, 6) is 0.818. The minimum atomic E-state index is -0.0985. The lowest BCUT2D eigenvalue weighted by molar-refractivity contribution is 0.0954. The maximum Gasteiger partial charge on any atom is 0.251 e. The molecule has 0 atom stereocenters. The smallest absolute Gasteiger partial charge is 0.251 e. The molecule has 1 aromatic heterocycles. The van der Waals surface area contributed by atoms with Crippen LogP contribution in [0.25, 0.3) is 22.9 Å².